The van der Waals surface area contributed by atoms with Crippen molar-refractivity contribution in [1.82, 2.24) is 4.98 Å². The normalized spacial score (nSPS) is 17.0. The first-order valence-corrected chi connectivity index (χ1v) is 23.8. The maximum absolute atomic E-state index is 11.4. The Morgan fingerprint density at radius 2 is 1.00 bits per heavy atom. The molecule has 316 valence electrons. The van der Waals surface area contributed by atoms with Gasteiger partial charge in [0.1, 0.15) is 5.76 Å². The van der Waals surface area contributed by atoms with Crippen LogP contribution in [0.3, 0.4) is 0 Å². The number of aromatic nitrogens is 1. The number of aliphatic hydroxyl groups excluding tert-OH is 2. The molecule has 5 rings (SSSR count). The number of aromatic amines is 1. The van der Waals surface area contributed by atoms with E-state index in [0.29, 0.717) is 12.2 Å². The van der Waals surface area contributed by atoms with Crippen LogP contribution in [0.4, 0.5) is 0 Å². The highest BCUT2D eigenvalue weighted by molar-refractivity contribution is 6.21. The summed E-state index contributed by atoms with van der Waals surface area (Å²) in [7, 11) is 0. The summed E-state index contributed by atoms with van der Waals surface area (Å²) >= 11 is 0. The van der Waals surface area contributed by atoms with Crippen molar-refractivity contribution in [2.45, 2.75) is 200 Å². The number of hydrogen-bond acceptors (Lipinski definition) is 5. The molecule has 0 amide bonds. The molecule has 3 N–H and O–H groups in total. The summed E-state index contributed by atoms with van der Waals surface area (Å²) < 4.78 is 0. The zero-order valence-electron chi connectivity index (χ0n) is 36.4. The lowest BCUT2D eigenvalue weighted by Gasteiger charge is -2.09. The van der Waals surface area contributed by atoms with E-state index in [9.17, 15) is 10.2 Å². The van der Waals surface area contributed by atoms with E-state index in [1.54, 1.807) is 0 Å². The quantitative estimate of drug-likeness (QED) is 0.0557. The highest BCUT2D eigenvalue weighted by Crippen LogP contribution is 2.27. The molecular formula is C52H76N4O2. The van der Waals surface area contributed by atoms with Gasteiger partial charge in [0.2, 0.25) is 0 Å². The van der Waals surface area contributed by atoms with Gasteiger partial charge in [-0.15, -0.1) is 0 Å². The van der Waals surface area contributed by atoms with Gasteiger partial charge in [0, 0.05) is 28.3 Å². The Morgan fingerprint density at radius 1 is 0.517 bits per heavy atom. The van der Waals surface area contributed by atoms with Crippen molar-refractivity contribution in [3.63, 3.8) is 0 Å². The number of nitrogens with zero attached hydrogens (tertiary/aromatic N) is 3. The molecule has 1 unspecified atom stereocenters. The fraction of sp³-hybridized carbons (Fsp3) is 0.596. The Bertz CT molecular complexity index is 1840. The van der Waals surface area contributed by atoms with Gasteiger partial charge in [-0.3, -0.25) is 0 Å². The maximum atomic E-state index is 11.4. The van der Waals surface area contributed by atoms with E-state index in [0.717, 1.165) is 88.2 Å². The molecule has 1 aromatic rings. The zero-order chi connectivity index (χ0) is 40.6. The van der Waals surface area contributed by atoms with Crippen molar-refractivity contribution in [3.05, 3.63) is 93.3 Å². The Labute approximate surface area is 351 Å². The Kier molecular flexibility index (Phi) is 20.6. The molecule has 58 heavy (non-hydrogen) atoms. The van der Waals surface area contributed by atoms with Crippen LogP contribution in [0, 0.1) is 0 Å². The van der Waals surface area contributed by atoms with Crippen LogP contribution in [0.5, 0.6) is 0 Å². The second kappa shape index (κ2) is 26.4. The van der Waals surface area contributed by atoms with Crippen LogP contribution in [-0.4, -0.2) is 32.3 Å². The summed E-state index contributed by atoms with van der Waals surface area (Å²) in [6.45, 7) is 4.56. The largest absolute Gasteiger partial charge is 0.512 e. The van der Waals surface area contributed by atoms with Crippen molar-refractivity contribution in [2.75, 3.05) is 0 Å². The molecule has 8 bridgehead atoms. The summed E-state index contributed by atoms with van der Waals surface area (Å²) in [6, 6.07) is 2.07. The van der Waals surface area contributed by atoms with Gasteiger partial charge in [0.25, 0.3) is 0 Å². The van der Waals surface area contributed by atoms with Crippen molar-refractivity contribution in [2.24, 2.45) is 15.0 Å². The topological polar surface area (TPSA) is 93.3 Å². The molecule has 0 spiro atoms. The second-order valence-electron chi connectivity index (χ2n) is 17.2. The van der Waals surface area contributed by atoms with Crippen LogP contribution in [0.15, 0.2) is 92.0 Å². The van der Waals surface area contributed by atoms with Gasteiger partial charge in [-0.25, -0.2) is 15.0 Å². The first-order chi connectivity index (χ1) is 28.5. The van der Waals surface area contributed by atoms with Crippen LogP contribution in [0.1, 0.15) is 205 Å². The first kappa shape index (κ1) is 45.3. The minimum absolute atomic E-state index is 0.394. The minimum atomic E-state index is -0.550. The third-order valence-corrected chi connectivity index (χ3v) is 12.0. The fourth-order valence-electron chi connectivity index (χ4n) is 8.52. The standard InChI is InChI=1S/C52H76N4O2/c1-3-5-7-9-11-13-15-17-19-21-23-25-27-29-51(57)47-37-45-35-41-32-34-44(54-41)40-50-48(38-46(56-50)36-42-31-33-43(53-42)39-49(47)55-45)52(58)30-28-26-24-22-20-18-16-14-12-10-8-6-4-2/h31-40,51,55,57-58H,3-30H2,1-2H3/b42-36?,44-40?,45-35?,49-39?,52-48-. The Morgan fingerprint density at radius 3 is 1.55 bits per heavy atom. The number of rotatable bonds is 29. The van der Waals surface area contributed by atoms with Crippen molar-refractivity contribution in [1.29, 1.82) is 0 Å². The number of H-pyrrole nitrogens is 1. The highest BCUT2D eigenvalue weighted by Gasteiger charge is 2.19. The van der Waals surface area contributed by atoms with Crippen LogP contribution in [0.2, 0.25) is 0 Å². The van der Waals surface area contributed by atoms with Crippen LogP contribution < -0.4 is 10.7 Å². The van der Waals surface area contributed by atoms with E-state index in [1.165, 1.54) is 141 Å². The average Bonchev–Trinajstić information content (AvgIpc) is 4.03. The lowest BCUT2D eigenvalue weighted by atomic mass is 10.0. The zero-order valence-corrected chi connectivity index (χ0v) is 36.4. The molecule has 4 aliphatic heterocycles. The maximum Gasteiger partial charge on any atom is 0.102 e. The van der Waals surface area contributed by atoms with Gasteiger partial charge in [0.15, 0.2) is 0 Å². The number of allylic oxidation sites excluding steroid dienone is 9. The molecule has 0 saturated heterocycles. The van der Waals surface area contributed by atoms with Crippen molar-refractivity contribution >= 4 is 29.3 Å². The summed E-state index contributed by atoms with van der Waals surface area (Å²) in [5, 5.41) is 24.5. The molecule has 5 heterocycles. The van der Waals surface area contributed by atoms with Gasteiger partial charge in [0.05, 0.1) is 40.3 Å². The van der Waals surface area contributed by atoms with Crippen molar-refractivity contribution in [3.8, 4) is 0 Å². The number of nitrogens with one attached hydrogen (secondary N) is 1. The van der Waals surface area contributed by atoms with Gasteiger partial charge in [-0.1, -0.05) is 174 Å². The molecule has 1 aromatic heterocycles. The molecular weight excluding hydrogens is 713 g/mol. The van der Waals surface area contributed by atoms with E-state index in [4.69, 9.17) is 15.0 Å². The number of fused-ring (bicyclic) bond motifs is 5. The Hall–Kier alpha value is -3.77. The molecule has 6 nitrogen and oxygen atoms in total. The molecule has 0 aliphatic carbocycles. The number of aliphatic hydroxyl groups is 2. The predicted molar refractivity (Wildman–Crippen MR) is 249 cm³/mol. The molecule has 0 radical (unpaired) electrons. The second-order valence-corrected chi connectivity index (χ2v) is 17.2. The molecule has 1 atom stereocenters. The van der Waals surface area contributed by atoms with Gasteiger partial charge >= 0.3 is 0 Å². The molecule has 0 fully saturated rings. The molecule has 0 saturated carbocycles. The van der Waals surface area contributed by atoms with Crippen LogP contribution in [-0.2, 0) is 0 Å². The lowest BCUT2D eigenvalue weighted by molar-refractivity contribution is 0.162. The summed E-state index contributed by atoms with van der Waals surface area (Å²) in [4.78, 5) is 18.3. The lowest BCUT2D eigenvalue weighted by Crippen LogP contribution is -2.16. The summed E-state index contributed by atoms with van der Waals surface area (Å²) in [5.41, 5.74) is 6.44. The molecule has 4 aliphatic rings. The summed E-state index contributed by atoms with van der Waals surface area (Å²) in [6.07, 6.45) is 52.9. The third-order valence-electron chi connectivity index (χ3n) is 12.0. The minimum Gasteiger partial charge on any atom is -0.512 e. The van der Waals surface area contributed by atoms with E-state index in [2.05, 4.69) is 24.9 Å². The average molecular weight is 789 g/mol. The number of unbranched alkanes of at least 4 members (excludes halogenated alkanes) is 24. The number of hydrogen-bond donors (Lipinski definition) is 3. The predicted octanol–water partition coefficient (Wildman–Crippen LogP) is 13.5. The van der Waals surface area contributed by atoms with Crippen LogP contribution >= 0.6 is 0 Å². The van der Waals surface area contributed by atoms with Crippen LogP contribution in [0.25, 0.3) is 12.2 Å². The van der Waals surface area contributed by atoms with E-state index in [-0.39, 0.29) is 0 Å². The van der Waals surface area contributed by atoms with Gasteiger partial charge in [-0.05, 0) is 73.6 Å². The SMILES string of the molecule is CCCCCCCCCCCCCCC/C(O)=C1\C=C2C=C3C=CC(=N3)C=c3[nH]c(cc3C(O)CCCCCCCCCCCCCCC)=CC3=NC(=CC1=N2)C=C3. The fourth-order valence-corrected chi connectivity index (χ4v) is 8.52. The van der Waals surface area contributed by atoms with E-state index < -0.39 is 6.10 Å². The van der Waals surface area contributed by atoms with Gasteiger partial charge in [-0.2, -0.15) is 0 Å². The first-order valence-electron chi connectivity index (χ1n) is 23.8. The number of aliphatic imine (C=N–C) groups is 3. The smallest absolute Gasteiger partial charge is 0.102 e. The summed E-state index contributed by atoms with van der Waals surface area (Å²) in [5.74, 6) is 0.394. The Balaban J connectivity index is 1.14. The monoisotopic (exact) mass is 789 g/mol. The highest BCUT2D eigenvalue weighted by atomic mass is 16.3. The van der Waals surface area contributed by atoms with E-state index >= 15 is 0 Å². The van der Waals surface area contributed by atoms with Crippen molar-refractivity contribution < 1.29 is 10.2 Å². The van der Waals surface area contributed by atoms with Gasteiger partial charge < -0.3 is 15.2 Å². The molecule has 6 heteroatoms. The third kappa shape index (κ3) is 16.1. The van der Waals surface area contributed by atoms with E-state index in [1.807, 2.05) is 54.7 Å². The molecule has 0 aromatic carbocycles.